The molecule has 0 spiro atoms. The zero-order valence-electron chi connectivity index (χ0n) is 14.7. The van der Waals surface area contributed by atoms with Crippen LogP contribution < -0.4 is 0 Å². The first kappa shape index (κ1) is 16.7. The van der Waals surface area contributed by atoms with Crippen LogP contribution in [-0.2, 0) is 11.2 Å². The summed E-state index contributed by atoms with van der Waals surface area (Å²) in [6, 6.07) is 5.83. The van der Waals surface area contributed by atoms with E-state index in [-0.39, 0.29) is 12.0 Å². The van der Waals surface area contributed by atoms with Crippen molar-refractivity contribution in [3.8, 4) is 0 Å². The van der Waals surface area contributed by atoms with Gasteiger partial charge in [0.15, 0.2) is 0 Å². The van der Waals surface area contributed by atoms with Gasteiger partial charge in [0.25, 0.3) is 5.91 Å². The van der Waals surface area contributed by atoms with Crippen LogP contribution in [0, 0.1) is 6.92 Å². The molecule has 1 saturated heterocycles. The summed E-state index contributed by atoms with van der Waals surface area (Å²) in [5.41, 5.74) is 3.38. The molecule has 0 aliphatic carbocycles. The third-order valence-electron chi connectivity index (χ3n) is 4.61. The fraction of sp³-hybridized carbons (Fsp3) is 0.368. The monoisotopic (exact) mass is 351 g/mol. The first-order valence-corrected chi connectivity index (χ1v) is 8.80. The lowest BCUT2D eigenvalue weighted by atomic mass is 10.1. The number of aryl methyl sites for hydroxylation is 2. The van der Waals surface area contributed by atoms with Crippen LogP contribution in [0.4, 0.5) is 0 Å². The van der Waals surface area contributed by atoms with E-state index in [0.29, 0.717) is 25.4 Å². The SMILES string of the molecule is Cc1ccc2nc(C(=O)N3CCO[C@H](CCc4ccncn4)C3)cn2c1. The molecule has 7 nitrogen and oxygen atoms in total. The Labute approximate surface area is 151 Å². The molecule has 4 rings (SSSR count). The zero-order valence-corrected chi connectivity index (χ0v) is 14.7. The van der Waals surface area contributed by atoms with E-state index in [4.69, 9.17) is 4.74 Å². The average molecular weight is 351 g/mol. The Balaban J connectivity index is 1.42. The van der Waals surface area contributed by atoms with Gasteiger partial charge < -0.3 is 14.0 Å². The van der Waals surface area contributed by atoms with Crippen LogP contribution in [0.5, 0.6) is 0 Å². The smallest absolute Gasteiger partial charge is 0.274 e. The maximum Gasteiger partial charge on any atom is 0.274 e. The number of hydrogen-bond acceptors (Lipinski definition) is 5. The van der Waals surface area contributed by atoms with Crippen LogP contribution in [0.1, 0.15) is 28.2 Å². The van der Waals surface area contributed by atoms with Crippen molar-refractivity contribution in [2.45, 2.75) is 25.9 Å². The van der Waals surface area contributed by atoms with Gasteiger partial charge in [-0.05, 0) is 37.5 Å². The van der Waals surface area contributed by atoms with Gasteiger partial charge in [-0.15, -0.1) is 0 Å². The Morgan fingerprint density at radius 2 is 2.23 bits per heavy atom. The van der Waals surface area contributed by atoms with Crippen LogP contribution in [0.3, 0.4) is 0 Å². The second-order valence-electron chi connectivity index (χ2n) is 6.58. The van der Waals surface area contributed by atoms with E-state index in [9.17, 15) is 4.79 Å². The van der Waals surface area contributed by atoms with Crippen LogP contribution in [-0.4, -0.2) is 56.0 Å². The molecule has 0 saturated carbocycles. The molecule has 1 amide bonds. The Kier molecular flexibility index (Phi) is 4.62. The molecule has 0 bridgehead atoms. The summed E-state index contributed by atoms with van der Waals surface area (Å²) in [5.74, 6) is -0.0401. The zero-order chi connectivity index (χ0) is 17.9. The quantitative estimate of drug-likeness (QED) is 0.718. The molecular weight excluding hydrogens is 330 g/mol. The van der Waals surface area contributed by atoms with Gasteiger partial charge in [-0.3, -0.25) is 4.79 Å². The van der Waals surface area contributed by atoms with E-state index in [1.165, 1.54) is 0 Å². The van der Waals surface area contributed by atoms with Gasteiger partial charge in [0, 0.05) is 37.4 Å². The maximum atomic E-state index is 12.8. The largest absolute Gasteiger partial charge is 0.375 e. The topological polar surface area (TPSA) is 72.6 Å². The average Bonchev–Trinajstić information content (AvgIpc) is 3.10. The molecule has 134 valence electrons. The van der Waals surface area contributed by atoms with E-state index in [0.717, 1.165) is 29.7 Å². The van der Waals surface area contributed by atoms with Gasteiger partial charge in [-0.2, -0.15) is 0 Å². The molecule has 1 atom stereocenters. The summed E-state index contributed by atoms with van der Waals surface area (Å²) in [6.45, 7) is 3.74. The summed E-state index contributed by atoms with van der Waals surface area (Å²) in [6.07, 6.45) is 8.72. The van der Waals surface area contributed by atoms with E-state index >= 15 is 0 Å². The second kappa shape index (κ2) is 7.21. The highest BCUT2D eigenvalue weighted by molar-refractivity contribution is 5.93. The molecule has 3 aromatic rings. The number of pyridine rings is 1. The number of carbonyl (C=O) groups is 1. The Hall–Kier alpha value is -2.80. The number of morpholine rings is 1. The first-order chi connectivity index (χ1) is 12.7. The highest BCUT2D eigenvalue weighted by Crippen LogP contribution is 2.15. The van der Waals surface area contributed by atoms with Crippen molar-refractivity contribution < 1.29 is 9.53 Å². The normalized spacial score (nSPS) is 17.6. The number of nitrogens with zero attached hydrogens (tertiary/aromatic N) is 5. The Morgan fingerprint density at radius 3 is 3.08 bits per heavy atom. The van der Waals surface area contributed by atoms with Gasteiger partial charge in [-0.1, -0.05) is 6.07 Å². The van der Waals surface area contributed by atoms with E-state index in [1.54, 1.807) is 18.7 Å². The second-order valence-corrected chi connectivity index (χ2v) is 6.58. The molecule has 1 aliphatic heterocycles. The molecule has 0 unspecified atom stereocenters. The van der Waals surface area contributed by atoms with Crippen molar-refractivity contribution in [3.63, 3.8) is 0 Å². The van der Waals surface area contributed by atoms with Crippen LogP contribution in [0.2, 0.25) is 0 Å². The first-order valence-electron chi connectivity index (χ1n) is 8.80. The Morgan fingerprint density at radius 1 is 1.31 bits per heavy atom. The number of imidazole rings is 1. The number of hydrogen-bond donors (Lipinski definition) is 0. The summed E-state index contributed by atoms with van der Waals surface area (Å²) in [4.78, 5) is 27.3. The summed E-state index contributed by atoms with van der Waals surface area (Å²) in [5, 5.41) is 0. The molecule has 1 fully saturated rings. The number of fused-ring (bicyclic) bond motifs is 1. The third-order valence-corrected chi connectivity index (χ3v) is 4.61. The van der Waals surface area contributed by atoms with Crippen molar-refractivity contribution in [1.82, 2.24) is 24.3 Å². The summed E-state index contributed by atoms with van der Waals surface area (Å²) >= 11 is 0. The molecule has 1 aliphatic rings. The molecule has 0 radical (unpaired) electrons. The standard InChI is InChI=1S/C19H21N5O2/c1-14-2-5-18-22-17(12-24(18)10-14)19(25)23-8-9-26-16(11-23)4-3-15-6-7-20-13-21-15/h2,5-7,10,12-13,16H,3-4,8-9,11H2,1H3/t16-/m1/s1. The fourth-order valence-electron chi connectivity index (χ4n) is 3.22. The van der Waals surface area contributed by atoms with Gasteiger partial charge in [0.1, 0.15) is 17.7 Å². The van der Waals surface area contributed by atoms with E-state index in [2.05, 4.69) is 15.0 Å². The lowest BCUT2D eigenvalue weighted by Crippen LogP contribution is -2.45. The van der Waals surface area contributed by atoms with Gasteiger partial charge in [-0.25, -0.2) is 15.0 Å². The van der Waals surface area contributed by atoms with Crippen molar-refractivity contribution in [1.29, 1.82) is 0 Å². The highest BCUT2D eigenvalue weighted by atomic mass is 16.5. The number of amides is 1. The molecule has 3 aromatic heterocycles. The minimum atomic E-state index is -0.0401. The predicted molar refractivity (Wildman–Crippen MR) is 95.9 cm³/mol. The van der Waals surface area contributed by atoms with Crippen molar-refractivity contribution in [2.24, 2.45) is 0 Å². The Bertz CT molecular complexity index is 909. The predicted octanol–water partition coefficient (Wildman–Crippen LogP) is 1.91. The fourth-order valence-corrected chi connectivity index (χ4v) is 3.22. The number of aromatic nitrogens is 4. The molecule has 26 heavy (non-hydrogen) atoms. The lowest BCUT2D eigenvalue weighted by molar-refractivity contribution is -0.0248. The third kappa shape index (κ3) is 3.57. The summed E-state index contributed by atoms with van der Waals surface area (Å²) in [7, 11) is 0. The van der Waals surface area contributed by atoms with E-state index in [1.807, 2.05) is 40.6 Å². The minimum absolute atomic E-state index is 0.0157. The molecule has 0 aromatic carbocycles. The van der Waals surface area contributed by atoms with Gasteiger partial charge >= 0.3 is 0 Å². The number of ether oxygens (including phenoxy) is 1. The van der Waals surface area contributed by atoms with Crippen molar-refractivity contribution >= 4 is 11.6 Å². The highest BCUT2D eigenvalue weighted by Gasteiger charge is 2.26. The van der Waals surface area contributed by atoms with Crippen molar-refractivity contribution in [3.05, 3.63) is 60.1 Å². The number of carbonyl (C=O) groups excluding carboxylic acids is 1. The van der Waals surface area contributed by atoms with Crippen LogP contribution in [0.15, 0.2) is 43.1 Å². The summed E-state index contributed by atoms with van der Waals surface area (Å²) < 4.78 is 7.73. The van der Waals surface area contributed by atoms with Crippen LogP contribution >= 0.6 is 0 Å². The minimum Gasteiger partial charge on any atom is -0.375 e. The molecular formula is C19H21N5O2. The van der Waals surface area contributed by atoms with Gasteiger partial charge in [0.2, 0.25) is 0 Å². The molecule has 4 heterocycles. The van der Waals surface area contributed by atoms with E-state index < -0.39 is 0 Å². The van der Waals surface area contributed by atoms with Gasteiger partial charge in [0.05, 0.1) is 12.7 Å². The molecule has 7 heteroatoms. The number of rotatable bonds is 4. The maximum absolute atomic E-state index is 12.8. The molecule has 0 N–H and O–H groups in total. The lowest BCUT2D eigenvalue weighted by Gasteiger charge is -2.32. The van der Waals surface area contributed by atoms with Crippen LogP contribution in [0.25, 0.3) is 5.65 Å². The van der Waals surface area contributed by atoms with Crippen molar-refractivity contribution in [2.75, 3.05) is 19.7 Å².